The number of rotatable bonds is 5. The van der Waals surface area contributed by atoms with Crippen LogP contribution in [0.25, 0.3) is 11.7 Å². The highest BCUT2D eigenvalue weighted by Gasteiger charge is 2.38. The largest absolute Gasteiger partial charge is 0.356 e. The Morgan fingerprint density at radius 1 is 1.00 bits per heavy atom. The van der Waals surface area contributed by atoms with Crippen LogP contribution in [-0.2, 0) is 11.2 Å². The van der Waals surface area contributed by atoms with Gasteiger partial charge in [-0.05, 0) is 68.2 Å². The molecule has 1 aromatic carbocycles. The normalized spacial score (nSPS) is 20.5. The van der Waals surface area contributed by atoms with Gasteiger partial charge in [-0.2, -0.15) is 0 Å². The van der Waals surface area contributed by atoms with Gasteiger partial charge in [0.25, 0.3) is 11.5 Å². The maximum absolute atomic E-state index is 13.9. The molecule has 8 heteroatoms. The lowest BCUT2D eigenvalue weighted by molar-refractivity contribution is -0.124. The molecule has 0 unspecified atom stereocenters. The fraction of sp³-hybridized carbons (Fsp3) is 0.419. The van der Waals surface area contributed by atoms with Gasteiger partial charge in [0.1, 0.15) is 15.8 Å². The Kier molecular flexibility index (Phi) is 7.58. The van der Waals surface area contributed by atoms with Crippen molar-refractivity contribution in [2.45, 2.75) is 64.3 Å². The number of fused-ring (bicyclic) bond motifs is 1. The Morgan fingerprint density at radius 3 is 2.49 bits per heavy atom. The van der Waals surface area contributed by atoms with Crippen molar-refractivity contribution in [1.82, 2.24) is 14.3 Å². The topological polar surface area (TPSA) is 57.9 Å². The van der Waals surface area contributed by atoms with Crippen molar-refractivity contribution in [3.63, 3.8) is 0 Å². The van der Waals surface area contributed by atoms with Crippen LogP contribution in [0.1, 0.15) is 61.6 Å². The molecular formula is C31H34N4O2S2. The second-order valence-corrected chi connectivity index (χ2v) is 12.7. The molecule has 2 saturated heterocycles. The molecule has 6 rings (SSSR count). The van der Waals surface area contributed by atoms with Gasteiger partial charge in [-0.1, -0.05) is 79.6 Å². The molecule has 4 heterocycles. The molecule has 2 aliphatic heterocycles. The standard InChI is InChI=1S/C31H34N4O2S2/c1-21-9-8-16-34-27(21)32-28(33-17-14-23(15-18-33)19-22-10-4-2-5-11-22)25(29(34)36)20-26-30(37)35(31(38)39-26)24-12-6-3-7-13-24/h2,4-5,8-11,16,20,23-24H,3,6-7,12-15,17-19H2,1H3/b26-20-. The van der Waals surface area contributed by atoms with Gasteiger partial charge in [-0.3, -0.25) is 18.9 Å². The lowest BCUT2D eigenvalue weighted by atomic mass is 9.90. The molecule has 1 saturated carbocycles. The number of anilines is 1. The minimum atomic E-state index is -0.145. The number of piperidine rings is 1. The van der Waals surface area contributed by atoms with Crippen molar-refractivity contribution < 1.29 is 4.79 Å². The van der Waals surface area contributed by atoms with E-state index in [1.54, 1.807) is 21.6 Å². The van der Waals surface area contributed by atoms with E-state index in [-0.39, 0.29) is 17.5 Å². The molecule has 0 bridgehead atoms. The van der Waals surface area contributed by atoms with Gasteiger partial charge in [-0.15, -0.1) is 0 Å². The van der Waals surface area contributed by atoms with Crippen molar-refractivity contribution >= 4 is 51.7 Å². The zero-order valence-corrected chi connectivity index (χ0v) is 24.0. The average molecular weight is 559 g/mol. The van der Waals surface area contributed by atoms with Crippen LogP contribution < -0.4 is 10.5 Å². The van der Waals surface area contributed by atoms with E-state index < -0.39 is 0 Å². The Morgan fingerprint density at radius 2 is 1.74 bits per heavy atom. The first-order chi connectivity index (χ1) is 19.0. The lowest BCUT2D eigenvalue weighted by Crippen LogP contribution is -2.39. The predicted octanol–water partition coefficient (Wildman–Crippen LogP) is 6.00. The Bertz CT molecular complexity index is 1490. The number of carbonyl (C=O) groups excluding carboxylic acids is 1. The van der Waals surface area contributed by atoms with E-state index >= 15 is 0 Å². The van der Waals surface area contributed by atoms with Gasteiger partial charge in [0.2, 0.25) is 0 Å². The molecule has 6 nitrogen and oxygen atoms in total. The first kappa shape index (κ1) is 26.3. The summed E-state index contributed by atoms with van der Waals surface area (Å²) in [5, 5.41) is 0. The number of pyridine rings is 1. The van der Waals surface area contributed by atoms with E-state index in [2.05, 4.69) is 35.2 Å². The number of thioether (sulfide) groups is 1. The summed E-state index contributed by atoms with van der Waals surface area (Å²) in [6, 6.07) is 14.7. The van der Waals surface area contributed by atoms with Crippen LogP contribution in [0.4, 0.5) is 5.82 Å². The highest BCUT2D eigenvalue weighted by molar-refractivity contribution is 8.26. The number of nitrogens with zero attached hydrogens (tertiary/aromatic N) is 4. The van der Waals surface area contributed by atoms with Crippen LogP contribution in [-0.4, -0.2) is 43.6 Å². The average Bonchev–Trinajstić information content (AvgIpc) is 3.24. The Labute approximate surface area is 239 Å². The zero-order valence-electron chi connectivity index (χ0n) is 22.3. The summed E-state index contributed by atoms with van der Waals surface area (Å²) in [7, 11) is 0. The molecule has 0 radical (unpaired) electrons. The summed E-state index contributed by atoms with van der Waals surface area (Å²) in [5.74, 6) is 1.20. The molecular weight excluding hydrogens is 525 g/mol. The van der Waals surface area contributed by atoms with Crippen molar-refractivity contribution in [2.75, 3.05) is 18.0 Å². The summed E-state index contributed by atoms with van der Waals surface area (Å²) >= 11 is 6.98. The highest BCUT2D eigenvalue weighted by Crippen LogP contribution is 2.38. The SMILES string of the molecule is Cc1cccn2c(=O)c(/C=C3\SC(=S)N(C4CCCCC4)C3=O)c(N3CCC(Cc4ccccc4)CC3)nc12. The maximum atomic E-state index is 13.9. The van der Waals surface area contributed by atoms with E-state index in [1.807, 2.05) is 19.1 Å². The van der Waals surface area contributed by atoms with E-state index in [4.69, 9.17) is 17.2 Å². The lowest BCUT2D eigenvalue weighted by Gasteiger charge is -2.33. The minimum Gasteiger partial charge on any atom is -0.356 e. The fourth-order valence-electron chi connectivity index (χ4n) is 6.23. The molecule has 1 amide bonds. The molecule has 3 fully saturated rings. The van der Waals surface area contributed by atoms with E-state index in [0.29, 0.717) is 32.2 Å². The highest BCUT2D eigenvalue weighted by atomic mass is 32.2. The fourth-order valence-corrected chi connectivity index (χ4v) is 7.61. The van der Waals surface area contributed by atoms with Crippen molar-refractivity contribution in [3.8, 4) is 0 Å². The molecule has 1 aliphatic carbocycles. The second-order valence-electron chi connectivity index (χ2n) is 11.0. The summed E-state index contributed by atoms with van der Waals surface area (Å²) in [6.45, 7) is 3.64. The molecule has 202 valence electrons. The number of thiocarbonyl (C=S) groups is 1. The van der Waals surface area contributed by atoms with Gasteiger partial charge in [0.05, 0.1) is 10.5 Å². The molecule has 0 atom stereocenters. The quantitative estimate of drug-likeness (QED) is 0.283. The second kappa shape index (κ2) is 11.3. The summed E-state index contributed by atoms with van der Waals surface area (Å²) in [4.78, 5) is 37.1. The summed E-state index contributed by atoms with van der Waals surface area (Å²) in [6.07, 6.45) is 12.1. The summed E-state index contributed by atoms with van der Waals surface area (Å²) < 4.78 is 2.21. The monoisotopic (exact) mass is 558 g/mol. The third-order valence-electron chi connectivity index (χ3n) is 8.38. The zero-order chi connectivity index (χ0) is 26.9. The van der Waals surface area contributed by atoms with Gasteiger partial charge in [-0.25, -0.2) is 4.98 Å². The molecule has 2 aromatic heterocycles. The van der Waals surface area contributed by atoms with Crippen molar-refractivity contribution in [2.24, 2.45) is 5.92 Å². The Hall–Kier alpha value is -2.97. The third-order valence-corrected chi connectivity index (χ3v) is 9.71. The predicted molar refractivity (Wildman–Crippen MR) is 163 cm³/mol. The molecule has 3 aromatic rings. The van der Waals surface area contributed by atoms with Gasteiger partial charge < -0.3 is 4.90 Å². The number of amides is 1. The van der Waals surface area contributed by atoms with E-state index in [1.165, 1.54) is 23.7 Å². The minimum absolute atomic E-state index is 0.0711. The maximum Gasteiger partial charge on any atom is 0.267 e. The van der Waals surface area contributed by atoms with Crippen molar-refractivity contribution in [1.29, 1.82) is 0 Å². The van der Waals surface area contributed by atoms with Gasteiger partial charge in [0, 0.05) is 25.3 Å². The van der Waals surface area contributed by atoms with Gasteiger partial charge in [0.15, 0.2) is 0 Å². The number of hydrogen-bond acceptors (Lipinski definition) is 6. The molecule has 39 heavy (non-hydrogen) atoms. The number of aromatic nitrogens is 2. The van der Waals surface area contributed by atoms with E-state index in [0.717, 1.165) is 63.6 Å². The summed E-state index contributed by atoms with van der Waals surface area (Å²) in [5.41, 5.74) is 3.31. The van der Waals surface area contributed by atoms with Crippen LogP contribution in [0, 0.1) is 12.8 Å². The van der Waals surface area contributed by atoms with Crippen LogP contribution in [0.3, 0.4) is 0 Å². The van der Waals surface area contributed by atoms with Crippen LogP contribution in [0.15, 0.2) is 58.4 Å². The number of aryl methyl sites for hydroxylation is 1. The van der Waals surface area contributed by atoms with E-state index in [9.17, 15) is 9.59 Å². The smallest absolute Gasteiger partial charge is 0.267 e. The van der Waals surface area contributed by atoms with Crippen LogP contribution in [0.2, 0.25) is 0 Å². The Balaban J connectivity index is 1.33. The number of benzene rings is 1. The van der Waals surface area contributed by atoms with Crippen molar-refractivity contribution in [3.05, 3.63) is 80.6 Å². The molecule has 0 N–H and O–H groups in total. The van der Waals surface area contributed by atoms with Crippen LogP contribution >= 0.6 is 24.0 Å². The first-order valence-corrected chi connectivity index (χ1v) is 15.3. The third kappa shape index (κ3) is 5.29. The number of carbonyl (C=O) groups is 1. The molecule has 0 spiro atoms. The van der Waals surface area contributed by atoms with Crippen LogP contribution in [0.5, 0.6) is 0 Å². The van der Waals surface area contributed by atoms with Gasteiger partial charge >= 0.3 is 0 Å². The first-order valence-electron chi connectivity index (χ1n) is 14.1. The molecule has 3 aliphatic rings. The number of hydrogen-bond donors (Lipinski definition) is 0.